The van der Waals surface area contributed by atoms with Crippen LogP contribution in [0, 0.1) is 12.7 Å². The number of aromatic nitrogens is 2. The number of hydrogen-bond acceptors (Lipinski definition) is 7. The van der Waals surface area contributed by atoms with Gasteiger partial charge in [0.1, 0.15) is 16.2 Å². The number of nitrogens with zero attached hydrogens (tertiary/aromatic N) is 3. The average molecular weight is 509 g/mol. The minimum Gasteiger partial charge on any atom is -0.342 e. The van der Waals surface area contributed by atoms with Gasteiger partial charge < -0.3 is 4.90 Å². The van der Waals surface area contributed by atoms with E-state index in [9.17, 15) is 26.0 Å². The molecule has 0 aliphatic carbocycles. The first-order chi connectivity index (χ1) is 15.9. The highest BCUT2D eigenvalue weighted by atomic mass is 32.2. The van der Waals surface area contributed by atoms with Crippen molar-refractivity contribution in [1.29, 1.82) is 0 Å². The van der Waals surface area contributed by atoms with Gasteiger partial charge >= 0.3 is 0 Å². The van der Waals surface area contributed by atoms with Crippen LogP contribution in [0.2, 0.25) is 0 Å². The fourth-order valence-electron chi connectivity index (χ4n) is 4.14. The summed E-state index contributed by atoms with van der Waals surface area (Å²) in [5, 5.41) is 0.131. The number of halogens is 1. The molecule has 34 heavy (non-hydrogen) atoms. The smallest absolute Gasteiger partial charge is 0.264 e. The Hall–Kier alpha value is -2.99. The van der Waals surface area contributed by atoms with Crippen molar-refractivity contribution in [2.75, 3.05) is 29.0 Å². The van der Waals surface area contributed by atoms with Gasteiger partial charge in [-0.05, 0) is 62.1 Å². The minimum absolute atomic E-state index is 0.00945. The molecule has 0 unspecified atom stereocenters. The van der Waals surface area contributed by atoms with Crippen LogP contribution in [0.15, 0.2) is 44.9 Å². The second-order valence-electron chi connectivity index (χ2n) is 8.50. The molecule has 4 rings (SSSR count). The zero-order valence-electron chi connectivity index (χ0n) is 19.0. The van der Waals surface area contributed by atoms with Gasteiger partial charge in [-0.15, -0.1) is 0 Å². The molecule has 0 bridgehead atoms. The van der Waals surface area contributed by atoms with E-state index in [-0.39, 0.29) is 27.0 Å². The number of sulfonamides is 1. The number of benzene rings is 2. The van der Waals surface area contributed by atoms with E-state index in [1.165, 1.54) is 10.6 Å². The van der Waals surface area contributed by atoms with Crippen LogP contribution in [-0.2, 0) is 26.9 Å². The normalized spacial score (nSPS) is 15.0. The Kier molecular flexibility index (Phi) is 6.15. The number of aryl methyl sites for hydroxylation is 1. The fraction of sp³-hybridized carbons (Fsp3) is 0.364. The third-order valence-corrected chi connectivity index (χ3v) is 8.30. The first kappa shape index (κ1) is 24.1. The van der Waals surface area contributed by atoms with E-state index in [0.29, 0.717) is 24.6 Å². The van der Waals surface area contributed by atoms with Gasteiger partial charge in [0.15, 0.2) is 9.84 Å². The molecule has 0 saturated carbocycles. The molecule has 1 aromatic heterocycles. The maximum atomic E-state index is 13.7. The van der Waals surface area contributed by atoms with Crippen molar-refractivity contribution >= 4 is 42.4 Å². The maximum Gasteiger partial charge on any atom is 0.264 e. The van der Waals surface area contributed by atoms with Gasteiger partial charge in [-0.2, -0.15) is 0 Å². The Bertz CT molecular complexity index is 1560. The van der Waals surface area contributed by atoms with Crippen LogP contribution in [-0.4, -0.2) is 45.7 Å². The van der Waals surface area contributed by atoms with E-state index in [1.807, 2.05) is 4.90 Å². The monoisotopic (exact) mass is 508 g/mol. The van der Waals surface area contributed by atoms with Gasteiger partial charge in [0.05, 0.1) is 16.0 Å². The summed E-state index contributed by atoms with van der Waals surface area (Å²) in [7, 11) is -6.74. The summed E-state index contributed by atoms with van der Waals surface area (Å²) < 4.78 is 68.5. The van der Waals surface area contributed by atoms with Crippen molar-refractivity contribution in [3.05, 3.63) is 52.1 Å². The summed E-state index contributed by atoms with van der Waals surface area (Å²) in [5.41, 5.74) is -0.173. The lowest BCUT2D eigenvalue weighted by atomic mass is 10.1. The Balaban J connectivity index is 1.92. The summed E-state index contributed by atoms with van der Waals surface area (Å²) in [6, 6.07) is 5.71. The van der Waals surface area contributed by atoms with Gasteiger partial charge in [0.25, 0.3) is 15.6 Å². The van der Waals surface area contributed by atoms with E-state index in [4.69, 9.17) is 0 Å². The van der Waals surface area contributed by atoms with Crippen LogP contribution < -0.4 is 15.2 Å². The standard InChI is InChI=1S/C22H25FN4O5S2/c1-14-11-16-20(24-22(26(2)21(16)28)27-9-5-4-6-10-27)19(12-14)34(31,32)25-17-8-7-15(23)13-18(17)33(3,29)30/h7-8,11-13,25H,4-6,9-10H2,1-3H3. The summed E-state index contributed by atoms with van der Waals surface area (Å²) >= 11 is 0. The number of fused-ring (bicyclic) bond motifs is 1. The highest BCUT2D eigenvalue weighted by Gasteiger charge is 2.26. The van der Waals surface area contributed by atoms with Gasteiger partial charge in [-0.1, -0.05) is 0 Å². The summed E-state index contributed by atoms with van der Waals surface area (Å²) in [4.78, 5) is 18.9. The molecule has 3 aromatic rings. The Morgan fingerprint density at radius 3 is 2.32 bits per heavy atom. The van der Waals surface area contributed by atoms with Crippen LogP contribution in [0.4, 0.5) is 16.0 Å². The van der Waals surface area contributed by atoms with E-state index in [1.54, 1.807) is 20.0 Å². The number of hydrogen-bond donors (Lipinski definition) is 1. The maximum absolute atomic E-state index is 13.7. The fourth-order valence-corrected chi connectivity index (χ4v) is 6.38. The molecule has 1 saturated heterocycles. The molecule has 0 atom stereocenters. The predicted octanol–water partition coefficient (Wildman–Crippen LogP) is 2.58. The summed E-state index contributed by atoms with van der Waals surface area (Å²) in [5.74, 6) is -0.447. The van der Waals surface area contributed by atoms with Crippen molar-refractivity contribution in [3.8, 4) is 0 Å². The number of anilines is 2. The van der Waals surface area contributed by atoms with E-state index >= 15 is 0 Å². The Morgan fingerprint density at radius 2 is 1.68 bits per heavy atom. The molecule has 1 fully saturated rings. The van der Waals surface area contributed by atoms with E-state index in [2.05, 4.69) is 9.71 Å². The van der Waals surface area contributed by atoms with E-state index in [0.717, 1.165) is 43.7 Å². The minimum atomic E-state index is -4.40. The van der Waals surface area contributed by atoms with Crippen LogP contribution in [0.25, 0.3) is 10.9 Å². The van der Waals surface area contributed by atoms with Gasteiger partial charge in [0, 0.05) is 26.4 Å². The van der Waals surface area contributed by atoms with Crippen molar-refractivity contribution in [2.45, 2.75) is 36.0 Å². The molecular formula is C22H25FN4O5S2. The lowest BCUT2D eigenvalue weighted by molar-refractivity contribution is 0.558. The Labute approximate surface area is 197 Å². The lowest BCUT2D eigenvalue weighted by Crippen LogP contribution is -2.35. The first-order valence-electron chi connectivity index (χ1n) is 10.7. The topological polar surface area (TPSA) is 118 Å². The molecule has 2 aromatic carbocycles. The number of piperidine rings is 1. The molecular weight excluding hydrogens is 483 g/mol. The molecule has 0 amide bonds. The molecule has 1 aliphatic rings. The molecule has 12 heteroatoms. The molecule has 1 N–H and O–H groups in total. The van der Waals surface area contributed by atoms with Crippen LogP contribution in [0.1, 0.15) is 24.8 Å². The van der Waals surface area contributed by atoms with Crippen molar-refractivity contribution in [3.63, 3.8) is 0 Å². The third-order valence-electron chi connectivity index (χ3n) is 5.78. The van der Waals surface area contributed by atoms with Crippen LogP contribution in [0.5, 0.6) is 0 Å². The zero-order chi connectivity index (χ0) is 24.8. The first-order valence-corrected chi connectivity index (χ1v) is 14.0. The summed E-state index contributed by atoms with van der Waals surface area (Å²) in [6.07, 6.45) is 3.81. The van der Waals surface area contributed by atoms with Crippen molar-refractivity contribution in [2.24, 2.45) is 7.05 Å². The van der Waals surface area contributed by atoms with Crippen molar-refractivity contribution < 1.29 is 21.2 Å². The SMILES string of the molecule is Cc1cc(S(=O)(=O)Nc2ccc(F)cc2S(C)(=O)=O)c2nc(N3CCCCC3)n(C)c(=O)c2c1. The largest absolute Gasteiger partial charge is 0.342 e. The molecule has 2 heterocycles. The predicted molar refractivity (Wildman–Crippen MR) is 128 cm³/mol. The number of rotatable bonds is 5. The highest BCUT2D eigenvalue weighted by molar-refractivity contribution is 7.93. The lowest BCUT2D eigenvalue weighted by Gasteiger charge is -2.29. The number of nitrogens with one attached hydrogen (secondary N) is 1. The van der Waals surface area contributed by atoms with Gasteiger partial charge in [-0.3, -0.25) is 14.1 Å². The summed E-state index contributed by atoms with van der Waals surface area (Å²) in [6.45, 7) is 3.05. The second-order valence-corrected chi connectivity index (χ2v) is 12.1. The van der Waals surface area contributed by atoms with Gasteiger partial charge in [0.2, 0.25) is 5.95 Å². The van der Waals surface area contributed by atoms with Crippen LogP contribution >= 0.6 is 0 Å². The Morgan fingerprint density at radius 1 is 1.00 bits per heavy atom. The average Bonchev–Trinajstić information content (AvgIpc) is 2.77. The second kappa shape index (κ2) is 8.66. The molecule has 0 spiro atoms. The molecule has 0 radical (unpaired) electrons. The third kappa shape index (κ3) is 4.51. The van der Waals surface area contributed by atoms with Crippen molar-refractivity contribution in [1.82, 2.24) is 9.55 Å². The number of sulfone groups is 1. The molecule has 1 aliphatic heterocycles. The van der Waals surface area contributed by atoms with Crippen LogP contribution in [0.3, 0.4) is 0 Å². The van der Waals surface area contributed by atoms with E-state index < -0.39 is 30.6 Å². The highest BCUT2D eigenvalue weighted by Crippen LogP contribution is 2.29. The molecule has 182 valence electrons. The quantitative estimate of drug-likeness (QED) is 0.563. The molecule has 9 nitrogen and oxygen atoms in total. The zero-order valence-corrected chi connectivity index (χ0v) is 20.6. The van der Waals surface area contributed by atoms with Gasteiger partial charge in [-0.25, -0.2) is 26.2 Å².